The van der Waals surface area contributed by atoms with Gasteiger partial charge in [0, 0.05) is 13.1 Å². The molecule has 5 heteroatoms. The van der Waals surface area contributed by atoms with E-state index in [2.05, 4.69) is 4.84 Å². The molecule has 1 amide bonds. The Labute approximate surface area is 77.4 Å². The molecular formula is C8H16N2O3. The molecule has 0 spiro atoms. The van der Waals surface area contributed by atoms with Gasteiger partial charge < -0.3 is 14.8 Å². The molecule has 0 bridgehead atoms. The van der Waals surface area contributed by atoms with Crippen molar-refractivity contribution in [2.24, 2.45) is 5.90 Å². The van der Waals surface area contributed by atoms with Gasteiger partial charge in [0.1, 0.15) is 6.10 Å². The number of carbonyl (C=O) groups excluding carboxylic acids is 1. The van der Waals surface area contributed by atoms with E-state index >= 15 is 0 Å². The molecule has 0 unspecified atom stereocenters. The number of nitrogens with zero attached hydrogens (tertiary/aromatic N) is 1. The summed E-state index contributed by atoms with van der Waals surface area (Å²) in [5, 5.41) is 9.05. The van der Waals surface area contributed by atoms with Crippen LogP contribution in [-0.2, 0) is 9.63 Å². The maximum Gasteiger partial charge on any atom is 0.251 e. The zero-order valence-corrected chi connectivity index (χ0v) is 7.77. The van der Waals surface area contributed by atoms with Crippen LogP contribution in [0.15, 0.2) is 0 Å². The van der Waals surface area contributed by atoms with E-state index in [1.165, 1.54) is 6.92 Å². The topological polar surface area (TPSA) is 75.8 Å². The predicted molar refractivity (Wildman–Crippen MR) is 46.6 cm³/mol. The molecule has 1 fully saturated rings. The minimum absolute atomic E-state index is 0.0537. The molecule has 1 aliphatic heterocycles. The van der Waals surface area contributed by atoms with Crippen LogP contribution < -0.4 is 5.90 Å². The summed E-state index contributed by atoms with van der Waals surface area (Å²) in [5.74, 6) is 4.82. The van der Waals surface area contributed by atoms with Crippen molar-refractivity contribution in [2.75, 3.05) is 13.1 Å². The quantitative estimate of drug-likeness (QED) is 0.559. The normalized spacial score (nSPS) is 21.6. The third-order valence-electron chi connectivity index (χ3n) is 2.30. The fourth-order valence-corrected chi connectivity index (χ4v) is 1.48. The van der Waals surface area contributed by atoms with Gasteiger partial charge in [-0.15, -0.1) is 0 Å². The molecule has 13 heavy (non-hydrogen) atoms. The molecule has 1 rings (SSSR count). The SMILES string of the molecule is C[C@@H](O)C(=O)N1CCC(ON)CC1. The first-order chi connectivity index (χ1) is 6.15. The average molecular weight is 188 g/mol. The molecule has 0 aromatic heterocycles. The van der Waals surface area contributed by atoms with Crippen LogP contribution >= 0.6 is 0 Å². The van der Waals surface area contributed by atoms with E-state index in [1.54, 1.807) is 4.90 Å². The fraction of sp³-hybridized carbons (Fsp3) is 0.875. The van der Waals surface area contributed by atoms with Gasteiger partial charge >= 0.3 is 0 Å². The molecule has 1 saturated heterocycles. The van der Waals surface area contributed by atoms with Gasteiger partial charge in [0.15, 0.2) is 0 Å². The third kappa shape index (κ3) is 2.65. The molecule has 76 valence electrons. The van der Waals surface area contributed by atoms with Crippen LogP contribution in [0.4, 0.5) is 0 Å². The van der Waals surface area contributed by atoms with E-state index in [-0.39, 0.29) is 12.0 Å². The summed E-state index contributed by atoms with van der Waals surface area (Å²) in [4.78, 5) is 17.6. The van der Waals surface area contributed by atoms with Crippen molar-refractivity contribution in [3.8, 4) is 0 Å². The Kier molecular flexibility index (Phi) is 3.65. The first kappa shape index (κ1) is 10.4. The smallest absolute Gasteiger partial charge is 0.251 e. The highest BCUT2D eigenvalue weighted by Crippen LogP contribution is 2.12. The number of piperidine rings is 1. The monoisotopic (exact) mass is 188 g/mol. The highest BCUT2D eigenvalue weighted by molar-refractivity contribution is 5.80. The lowest BCUT2D eigenvalue weighted by Crippen LogP contribution is -2.45. The lowest BCUT2D eigenvalue weighted by Gasteiger charge is -2.31. The van der Waals surface area contributed by atoms with Gasteiger partial charge in [-0.1, -0.05) is 0 Å². The molecular weight excluding hydrogens is 172 g/mol. The molecule has 0 aliphatic carbocycles. The molecule has 0 radical (unpaired) electrons. The Hall–Kier alpha value is -0.650. The van der Waals surface area contributed by atoms with Crippen molar-refractivity contribution in [3.05, 3.63) is 0 Å². The Morgan fingerprint density at radius 1 is 1.62 bits per heavy atom. The Morgan fingerprint density at radius 2 is 2.15 bits per heavy atom. The first-order valence-corrected chi connectivity index (χ1v) is 4.47. The van der Waals surface area contributed by atoms with E-state index in [4.69, 9.17) is 11.0 Å². The van der Waals surface area contributed by atoms with Gasteiger partial charge in [0.2, 0.25) is 0 Å². The molecule has 0 saturated carbocycles. The van der Waals surface area contributed by atoms with Crippen LogP contribution in [0, 0.1) is 0 Å². The number of aliphatic hydroxyl groups excluding tert-OH is 1. The van der Waals surface area contributed by atoms with Crippen molar-refractivity contribution in [1.29, 1.82) is 0 Å². The molecule has 3 N–H and O–H groups in total. The summed E-state index contributed by atoms with van der Waals surface area (Å²) in [6.07, 6.45) is 0.637. The van der Waals surface area contributed by atoms with Gasteiger partial charge in [-0.3, -0.25) is 4.79 Å². The van der Waals surface area contributed by atoms with Gasteiger partial charge in [-0.25, -0.2) is 5.90 Å². The Bertz CT molecular complexity index is 176. The van der Waals surface area contributed by atoms with Crippen molar-refractivity contribution in [3.63, 3.8) is 0 Å². The second-order valence-corrected chi connectivity index (χ2v) is 3.34. The number of rotatable bonds is 2. The molecule has 1 heterocycles. The van der Waals surface area contributed by atoms with E-state index in [0.717, 1.165) is 12.8 Å². The van der Waals surface area contributed by atoms with E-state index in [9.17, 15) is 4.79 Å². The second kappa shape index (κ2) is 4.55. The van der Waals surface area contributed by atoms with Crippen LogP contribution in [0.2, 0.25) is 0 Å². The van der Waals surface area contributed by atoms with Gasteiger partial charge in [-0.05, 0) is 19.8 Å². The largest absolute Gasteiger partial charge is 0.384 e. The number of hydrogen-bond acceptors (Lipinski definition) is 4. The molecule has 5 nitrogen and oxygen atoms in total. The number of carbonyl (C=O) groups is 1. The second-order valence-electron chi connectivity index (χ2n) is 3.34. The average Bonchev–Trinajstić information content (AvgIpc) is 2.17. The maximum atomic E-state index is 11.3. The van der Waals surface area contributed by atoms with Gasteiger partial charge in [-0.2, -0.15) is 0 Å². The van der Waals surface area contributed by atoms with E-state index in [0.29, 0.717) is 13.1 Å². The standard InChI is InChI=1S/C8H16N2O3/c1-6(11)8(12)10-4-2-7(13-9)3-5-10/h6-7,11H,2-5,9H2,1H3/t6-/m1/s1. The summed E-state index contributed by atoms with van der Waals surface area (Å²) in [5.41, 5.74) is 0. The van der Waals surface area contributed by atoms with Crippen LogP contribution in [-0.4, -0.2) is 41.2 Å². The van der Waals surface area contributed by atoms with Gasteiger partial charge in [0.25, 0.3) is 5.91 Å². The van der Waals surface area contributed by atoms with Crippen LogP contribution in [0.5, 0.6) is 0 Å². The summed E-state index contributed by atoms with van der Waals surface area (Å²) in [7, 11) is 0. The highest BCUT2D eigenvalue weighted by atomic mass is 16.6. The number of aliphatic hydroxyl groups is 1. The van der Waals surface area contributed by atoms with Gasteiger partial charge in [0.05, 0.1) is 6.10 Å². The van der Waals surface area contributed by atoms with Crippen molar-refractivity contribution in [2.45, 2.75) is 32.0 Å². The molecule has 1 aliphatic rings. The predicted octanol–water partition coefficient (Wildman–Crippen LogP) is -0.751. The minimum Gasteiger partial charge on any atom is -0.384 e. The van der Waals surface area contributed by atoms with E-state index < -0.39 is 6.10 Å². The molecule has 1 atom stereocenters. The molecule has 0 aromatic carbocycles. The Morgan fingerprint density at radius 3 is 2.54 bits per heavy atom. The summed E-state index contributed by atoms with van der Waals surface area (Å²) in [6.45, 7) is 2.71. The highest BCUT2D eigenvalue weighted by Gasteiger charge is 2.24. The zero-order valence-electron chi connectivity index (χ0n) is 7.77. The number of amides is 1. The number of nitrogens with two attached hydrogens (primary N) is 1. The van der Waals surface area contributed by atoms with Crippen molar-refractivity contribution < 1.29 is 14.7 Å². The maximum absolute atomic E-state index is 11.3. The first-order valence-electron chi connectivity index (χ1n) is 4.47. The molecule has 0 aromatic rings. The number of likely N-dealkylation sites (tertiary alicyclic amines) is 1. The van der Waals surface area contributed by atoms with Crippen LogP contribution in [0.1, 0.15) is 19.8 Å². The summed E-state index contributed by atoms with van der Waals surface area (Å²) in [6, 6.07) is 0. The third-order valence-corrected chi connectivity index (χ3v) is 2.30. The van der Waals surface area contributed by atoms with Crippen molar-refractivity contribution in [1.82, 2.24) is 4.90 Å². The minimum atomic E-state index is -0.907. The lowest BCUT2D eigenvalue weighted by atomic mass is 10.1. The summed E-state index contributed by atoms with van der Waals surface area (Å²) >= 11 is 0. The fourth-order valence-electron chi connectivity index (χ4n) is 1.48. The Balaban J connectivity index is 2.36. The van der Waals surface area contributed by atoms with Crippen LogP contribution in [0.25, 0.3) is 0 Å². The summed E-state index contributed by atoms with van der Waals surface area (Å²) < 4.78 is 0. The number of hydrogen-bond donors (Lipinski definition) is 2. The lowest BCUT2D eigenvalue weighted by molar-refractivity contribution is -0.141. The van der Waals surface area contributed by atoms with Crippen molar-refractivity contribution >= 4 is 5.91 Å². The van der Waals surface area contributed by atoms with E-state index in [1.807, 2.05) is 0 Å². The van der Waals surface area contributed by atoms with Crippen LogP contribution in [0.3, 0.4) is 0 Å². The zero-order chi connectivity index (χ0) is 9.84.